The summed E-state index contributed by atoms with van der Waals surface area (Å²) in [7, 11) is 0. The summed E-state index contributed by atoms with van der Waals surface area (Å²) in [6.07, 6.45) is 3.84. The second-order valence-electron chi connectivity index (χ2n) is 13.1. The molecule has 6 heteroatoms. The van der Waals surface area contributed by atoms with Crippen LogP contribution in [0.15, 0.2) is 140 Å². The SMILES string of the molecule is CC1(C)c2ccc[c-]c2-n2nccc2C1(C)C.[Ir].[c-]1ccccc1-c1ncc2n1-c1ccccc1-c1ccccc1N2c1ccccc1. The first-order chi connectivity index (χ1) is 22.9. The van der Waals surface area contributed by atoms with Crippen LogP contribution in [0.3, 0.4) is 0 Å². The van der Waals surface area contributed by atoms with Gasteiger partial charge in [0.25, 0.3) is 0 Å². The maximum absolute atomic E-state index is 4.85. The largest absolute Gasteiger partial charge is 0.319 e. The molecule has 9 rings (SSSR count). The number of nitrogens with zero attached hydrogens (tertiary/aromatic N) is 5. The van der Waals surface area contributed by atoms with E-state index in [1.165, 1.54) is 22.4 Å². The van der Waals surface area contributed by atoms with Gasteiger partial charge in [-0.2, -0.15) is 29.4 Å². The van der Waals surface area contributed by atoms with Gasteiger partial charge in [0.2, 0.25) is 0 Å². The summed E-state index contributed by atoms with van der Waals surface area (Å²) >= 11 is 0. The number of benzene rings is 5. The van der Waals surface area contributed by atoms with E-state index < -0.39 is 0 Å². The van der Waals surface area contributed by atoms with Crippen molar-refractivity contribution < 1.29 is 20.1 Å². The molecule has 5 nitrogen and oxygen atoms in total. The fourth-order valence-corrected chi connectivity index (χ4v) is 6.94. The van der Waals surface area contributed by atoms with E-state index in [0.29, 0.717) is 0 Å². The van der Waals surface area contributed by atoms with Crippen molar-refractivity contribution >= 4 is 17.2 Å². The van der Waals surface area contributed by atoms with Crippen molar-refractivity contribution in [3.63, 3.8) is 0 Å². The Hall–Kier alpha value is -5.03. The van der Waals surface area contributed by atoms with Gasteiger partial charge < -0.3 is 4.57 Å². The molecule has 0 saturated heterocycles. The van der Waals surface area contributed by atoms with Crippen molar-refractivity contribution in [3.05, 3.63) is 163 Å². The van der Waals surface area contributed by atoms with Gasteiger partial charge in [0, 0.05) is 59.9 Å². The minimum Gasteiger partial charge on any atom is -0.319 e. The van der Waals surface area contributed by atoms with E-state index in [1.54, 1.807) is 0 Å². The quantitative estimate of drug-likeness (QED) is 0.164. The normalized spacial score (nSPS) is 14.4. The number of hydrogen-bond donors (Lipinski definition) is 0. The molecule has 7 aromatic rings. The van der Waals surface area contributed by atoms with Crippen LogP contribution in [-0.2, 0) is 30.9 Å². The van der Waals surface area contributed by atoms with E-state index in [9.17, 15) is 0 Å². The molecule has 0 saturated carbocycles. The third-order valence-corrected chi connectivity index (χ3v) is 10.1. The third kappa shape index (κ3) is 4.87. The van der Waals surface area contributed by atoms with Gasteiger partial charge in [0.15, 0.2) is 0 Å². The van der Waals surface area contributed by atoms with E-state index >= 15 is 0 Å². The Bertz CT molecular complexity index is 2210. The van der Waals surface area contributed by atoms with Crippen LogP contribution in [0.4, 0.5) is 17.2 Å². The van der Waals surface area contributed by atoms with Gasteiger partial charge in [-0.3, -0.25) is 14.6 Å². The molecule has 2 aromatic heterocycles. The van der Waals surface area contributed by atoms with E-state index in [-0.39, 0.29) is 30.9 Å². The molecule has 0 unspecified atom stereocenters. The van der Waals surface area contributed by atoms with Crippen LogP contribution in [0.1, 0.15) is 39.0 Å². The predicted molar refractivity (Wildman–Crippen MR) is 190 cm³/mol. The molecule has 48 heavy (non-hydrogen) atoms. The van der Waals surface area contributed by atoms with Gasteiger partial charge in [-0.15, -0.1) is 41.5 Å². The van der Waals surface area contributed by atoms with Gasteiger partial charge in [-0.25, -0.2) is 0 Å². The third-order valence-electron chi connectivity index (χ3n) is 10.1. The Morgan fingerprint density at radius 2 is 1.29 bits per heavy atom. The molecule has 0 bridgehead atoms. The molecule has 0 N–H and O–H groups in total. The average Bonchev–Trinajstić information content (AvgIpc) is 3.76. The van der Waals surface area contributed by atoms with Crippen LogP contribution in [0, 0.1) is 12.1 Å². The van der Waals surface area contributed by atoms with Crippen LogP contribution in [0.25, 0.3) is 33.9 Å². The maximum atomic E-state index is 4.85. The molecule has 0 spiro atoms. The summed E-state index contributed by atoms with van der Waals surface area (Å²) < 4.78 is 4.27. The van der Waals surface area contributed by atoms with E-state index in [4.69, 9.17) is 4.98 Å². The van der Waals surface area contributed by atoms with Crippen molar-refractivity contribution in [2.24, 2.45) is 0 Å². The standard InChI is InChI=1S/C27H18N3.C15H17N2.Ir/c1-3-11-20(12-4-1)27-28-19-26-29(21-13-5-2-6-14-21)24-17-9-7-15-22(24)23-16-8-10-18-25(23)30(26)27;1-14(2)11-7-5-6-8-12(11)17-13(9-10-16-17)15(14,3)4;/h1-11,13-19H;5-7,9-10H,1-4H3;/q2*-1;. The van der Waals surface area contributed by atoms with Crippen LogP contribution in [0.5, 0.6) is 0 Å². The zero-order chi connectivity index (χ0) is 32.2. The van der Waals surface area contributed by atoms with Gasteiger partial charge >= 0.3 is 0 Å². The van der Waals surface area contributed by atoms with Crippen LogP contribution in [-0.4, -0.2) is 19.3 Å². The molecule has 2 aliphatic heterocycles. The molecule has 4 heterocycles. The first kappa shape index (κ1) is 31.6. The second-order valence-corrected chi connectivity index (χ2v) is 13.1. The average molecular weight is 802 g/mol. The molecule has 5 aromatic carbocycles. The summed E-state index contributed by atoms with van der Waals surface area (Å²) in [6, 6.07) is 50.6. The Balaban J connectivity index is 0.000000173. The first-order valence-electron chi connectivity index (χ1n) is 16.0. The molecule has 0 aliphatic carbocycles. The number of aromatic nitrogens is 4. The monoisotopic (exact) mass is 802 g/mol. The first-order valence-corrected chi connectivity index (χ1v) is 16.0. The number of rotatable bonds is 2. The molecule has 1 radical (unpaired) electrons. The predicted octanol–water partition coefficient (Wildman–Crippen LogP) is 10.0. The maximum Gasteiger partial charge on any atom is 0.133 e. The molecular weight excluding hydrogens is 767 g/mol. The Labute approximate surface area is 295 Å². The summed E-state index contributed by atoms with van der Waals surface area (Å²) in [5, 5.41) is 4.44. The Kier molecular flexibility index (Phi) is 8.03. The van der Waals surface area contributed by atoms with Gasteiger partial charge in [0.1, 0.15) is 5.82 Å². The molecule has 239 valence electrons. The van der Waals surface area contributed by atoms with Crippen molar-refractivity contribution in [2.75, 3.05) is 4.90 Å². The second kappa shape index (κ2) is 12.2. The van der Waals surface area contributed by atoms with Gasteiger partial charge in [0.05, 0.1) is 17.7 Å². The van der Waals surface area contributed by atoms with Crippen LogP contribution in [0.2, 0.25) is 0 Å². The van der Waals surface area contributed by atoms with Crippen molar-refractivity contribution in [1.29, 1.82) is 0 Å². The molecule has 2 aliphatic rings. The summed E-state index contributed by atoms with van der Waals surface area (Å²) in [5.74, 6) is 1.89. The number of fused-ring (bicyclic) bond motifs is 8. The topological polar surface area (TPSA) is 38.9 Å². The molecule has 0 amide bonds. The minimum atomic E-state index is 0. The number of anilines is 3. The zero-order valence-corrected chi connectivity index (χ0v) is 29.7. The number of hydrogen-bond acceptors (Lipinski definition) is 3. The zero-order valence-electron chi connectivity index (χ0n) is 27.3. The number of para-hydroxylation sites is 4. The summed E-state index contributed by atoms with van der Waals surface area (Å²) in [6.45, 7) is 9.18. The number of imidazole rings is 1. The van der Waals surface area contributed by atoms with Gasteiger partial charge in [-0.05, 0) is 41.4 Å². The van der Waals surface area contributed by atoms with Crippen LogP contribution >= 0.6 is 0 Å². The van der Waals surface area contributed by atoms with E-state index in [0.717, 1.165) is 40.0 Å². The summed E-state index contributed by atoms with van der Waals surface area (Å²) in [5.41, 5.74) is 10.5. The molecule has 0 atom stereocenters. The molecule has 0 fully saturated rings. The Morgan fingerprint density at radius 3 is 2.04 bits per heavy atom. The fraction of sp³-hybridized carbons (Fsp3) is 0.143. The fourth-order valence-electron chi connectivity index (χ4n) is 6.94. The van der Waals surface area contributed by atoms with Gasteiger partial charge in [-0.1, -0.05) is 82.3 Å². The summed E-state index contributed by atoms with van der Waals surface area (Å²) in [4.78, 5) is 7.13. The van der Waals surface area contributed by atoms with Crippen molar-refractivity contribution in [2.45, 2.75) is 38.5 Å². The van der Waals surface area contributed by atoms with Crippen LogP contribution < -0.4 is 4.90 Å². The minimum absolute atomic E-state index is 0. The molecular formula is C42H35IrN5-2. The van der Waals surface area contributed by atoms with E-state index in [2.05, 4.69) is 151 Å². The Morgan fingerprint density at radius 1 is 0.625 bits per heavy atom. The van der Waals surface area contributed by atoms with E-state index in [1.807, 2.05) is 47.4 Å². The van der Waals surface area contributed by atoms with Crippen molar-refractivity contribution in [3.8, 4) is 33.9 Å². The van der Waals surface area contributed by atoms with Crippen molar-refractivity contribution in [1.82, 2.24) is 19.3 Å². The smallest absolute Gasteiger partial charge is 0.133 e.